The zero-order valence-electron chi connectivity index (χ0n) is 22.5. The number of alkyl halides is 3. The molecular formula is C27H27F4N7O5. The van der Waals surface area contributed by atoms with Gasteiger partial charge in [-0.3, -0.25) is 14.4 Å². The molecule has 12 nitrogen and oxygen atoms in total. The van der Waals surface area contributed by atoms with Gasteiger partial charge in [0, 0.05) is 5.41 Å². The van der Waals surface area contributed by atoms with Gasteiger partial charge in [0.25, 0.3) is 11.8 Å². The molecule has 1 aromatic carbocycles. The Hall–Kier alpha value is -4.73. The summed E-state index contributed by atoms with van der Waals surface area (Å²) in [6, 6.07) is 5.62. The summed E-state index contributed by atoms with van der Waals surface area (Å²) < 4.78 is 62.1. The Morgan fingerprint density at radius 2 is 1.79 bits per heavy atom. The lowest BCUT2D eigenvalue weighted by Crippen LogP contribution is -2.45. The number of ether oxygens (including phenoxy) is 2. The van der Waals surface area contributed by atoms with E-state index in [2.05, 4.69) is 25.5 Å². The van der Waals surface area contributed by atoms with E-state index < -0.39 is 41.5 Å². The average molecular weight is 606 g/mol. The van der Waals surface area contributed by atoms with Gasteiger partial charge in [0.15, 0.2) is 5.69 Å². The van der Waals surface area contributed by atoms with E-state index in [-0.39, 0.29) is 40.6 Å². The van der Waals surface area contributed by atoms with E-state index in [9.17, 15) is 31.9 Å². The number of benzene rings is 1. The Morgan fingerprint density at radius 1 is 1.12 bits per heavy atom. The smallest absolute Gasteiger partial charge is 0.406 e. The second-order valence-corrected chi connectivity index (χ2v) is 10.6. The Balaban J connectivity index is 1.26. The normalized spacial score (nSPS) is 16.4. The van der Waals surface area contributed by atoms with Crippen LogP contribution in [0.2, 0.25) is 0 Å². The predicted molar refractivity (Wildman–Crippen MR) is 144 cm³/mol. The van der Waals surface area contributed by atoms with E-state index in [1.807, 2.05) is 0 Å². The third-order valence-electron chi connectivity index (χ3n) is 7.48. The van der Waals surface area contributed by atoms with E-state index in [0.29, 0.717) is 31.6 Å². The molecule has 2 aliphatic rings. The third kappa shape index (κ3) is 6.69. The minimum absolute atomic E-state index is 0.00926. The molecule has 2 fully saturated rings. The van der Waals surface area contributed by atoms with Crippen LogP contribution in [0, 0.1) is 11.4 Å². The summed E-state index contributed by atoms with van der Waals surface area (Å²) in [4.78, 5) is 41.4. The molecule has 3 heterocycles. The number of amides is 3. The Labute approximate surface area is 241 Å². The highest BCUT2D eigenvalue weighted by molar-refractivity contribution is 6.13. The standard InChI is InChI=1S/C27H27F4N7O5/c28-22-18(10-15(11-34-22)35-19(39)9-14-1-3-17(4-2-14)43-27(29,30)31)36-25(41)21-20(24(33)40)23(32)38(37-21)16-5-7-26(8-6-16)12-42-13-26/h1-4,10-11,16H,5-9,12-13,32H2,(H2,33,40)(H,35,39)(H,36,41). The molecule has 6 N–H and O–H groups in total. The van der Waals surface area contributed by atoms with E-state index in [4.69, 9.17) is 16.2 Å². The average Bonchev–Trinajstić information content (AvgIpc) is 3.27. The zero-order valence-corrected chi connectivity index (χ0v) is 22.5. The van der Waals surface area contributed by atoms with Crippen LogP contribution in [0.5, 0.6) is 5.75 Å². The molecule has 3 amide bonds. The number of nitrogens with two attached hydrogens (primary N) is 2. The first kappa shape index (κ1) is 29.8. The van der Waals surface area contributed by atoms with Gasteiger partial charge in [-0.05, 0) is 49.4 Å². The number of carbonyl (C=O) groups excluding carboxylic acids is 3. The number of pyridine rings is 1. The predicted octanol–water partition coefficient (Wildman–Crippen LogP) is 3.56. The number of hydrogen-bond acceptors (Lipinski definition) is 8. The van der Waals surface area contributed by atoms with Crippen molar-refractivity contribution in [2.24, 2.45) is 11.1 Å². The van der Waals surface area contributed by atoms with Crippen molar-refractivity contribution < 1.29 is 41.4 Å². The van der Waals surface area contributed by atoms with Crippen LogP contribution >= 0.6 is 0 Å². The molecule has 0 radical (unpaired) electrons. The fourth-order valence-electron chi connectivity index (χ4n) is 5.25. The monoisotopic (exact) mass is 605 g/mol. The number of anilines is 3. The van der Waals surface area contributed by atoms with Crippen LogP contribution in [0.3, 0.4) is 0 Å². The Morgan fingerprint density at radius 3 is 2.37 bits per heavy atom. The van der Waals surface area contributed by atoms with Crippen LogP contribution in [0.1, 0.15) is 58.1 Å². The first-order valence-electron chi connectivity index (χ1n) is 13.2. The number of aromatic nitrogens is 3. The largest absolute Gasteiger partial charge is 0.573 e. The Kier molecular flexibility index (Phi) is 7.96. The van der Waals surface area contributed by atoms with Crippen molar-refractivity contribution in [1.82, 2.24) is 14.8 Å². The van der Waals surface area contributed by atoms with Gasteiger partial charge in [0.2, 0.25) is 11.9 Å². The van der Waals surface area contributed by atoms with Crippen LogP contribution < -0.4 is 26.8 Å². The van der Waals surface area contributed by atoms with Crippen molar-refractivity contribution >= 4 is 34.9 Å². The van der Waals surface area contributed by atoms with E-state index in [0.717, 1.165) is 37.2 Å². The molecule has 16 heteroatoms. The topological polar surface area (TPSA) is 176 Å². The summed E-state index contributed by atoms with van der Waals surface area (Å²) in [6.07, 6.45) is -0.914. The van der Waals surface area contributed by atoms with Crippen LogP contribution in [0.15, 0.2) is 36.5 Å². The molecule has 1 saturated carbocycles. The van der Waals surface area contributed by atoms with Crippen molar-refractivity contribution in [1.29, 1.82) is 0 Å². The number of rotatable bonds is 8. The van der Waals surface area contributed by atoms with Crippen molar-refractivity contribution in [2.45, 2.75) is 44.5 Å². The fraction of sp³-hybridized carbons (Fsp3) is 0.370. The van der Waals surface area contributed by atoms with Crippen molar-refractivity contribution in [3.05, 3.63) is 59.3 Å². The number of primary amides is 1. The minimum Gasteiger partial charge on any atom is -0.406 e. The van der Waals surface area contributed by atoms with Gasteiger partial charge in [-0.1, -0.05) is 12.1 Å². The van der Waals surface area contributed by atoms with E-state index in [1.54, 1.807) is 0 Å². The van der Waals surface area contributed by atoms with E-state index >= 15 is 0 Å². The van der Waals surface area contributed by atoms with Gasteiger partial charge in [0.05, 0.1) is 43.2 Å². The third-order valence-corrected chi connectivity index (χ3v) is 7.48. The van der Waals surface area contributed by atoms with Gasteiger partial charge in [0.1, 0.15) is 17.1 Å². The lowest BCUT2D eigenvalue weighted by molar-refractivity contribution is -0.274. The van der Waals surface area contributed by atoms with Gasteiger partial charge < -0.3 is 31.6 Å². The molecule has 1 saturated heterocycles. The molecule has 2 aromatic heterocycles. The summed E-state index contributed by atoms with van der Waals surface area (Å²) in [5.41, 5.74) is 11.1. The zero-order chi connectivity index (χ0) is 30.9. The fourth-order valence-corrected chi connectivity index (χ4v) is 5.25. The summed E-state index contributed by atoms with van der Waals surface area (Å²) in [7, 11) is 0. The second kappa shape index (κ2) is 11.5. The highest BCUT2D eigenvalue weighted by Gasteiger charge is 2.43. The Bertz CT molecular complexity index is 1540. The van der Waals surface area contributed by atoms with Crippen molar-refractivity contribution in [3.63, 3.8) is 0 Å². The molecule has 1 aliphatic carbocycles. The van der Waals surface area contributed by atoms with Gasteiger partial charge in [-0.25, -0.2) is 9.67 Å². The molecule has 0 atom stereocenters. The first-order chi connectivity index (χ1) is 20.3. The first-order valence-corrected chi connectivity index (χ1v) is 13.2. The van der Waals surface area contributed by atoms with Crippen LogP contribution in [-0.2, 0) is 16.0 Å². The molecular weight excluding hydrogens is 578 g/mol. The highest BCUT2D eigenvalue weighted by atomic mass is 19.4. The maximum absolute atomic E-state index is 14.5. The quantitative estimate of drug-likeness (QED) is 0.223. The number of nitrogens with zero attached hydrogens (tertiary/aromatic N) is 3. The molecule has 5 rings (SSSR count). The SMILES string of the molecule is NC(=O)c1c(C(=O)Nc2cc(NC(=O)Cc3ccc(OC(F)(F)F)cc3)cnc2F)nn(C2CCC3(CC2)COC3)c1N. The van der Waals surface area contributed by atoms with Crippen LogP contribution in [0.25, 0.3) is 0 Å². The molecule has 1 spiro atoms. The van der Waals surface area contributed by atoms with Crippen LogP contribution in [-0.4, -0.2) is 52.1 Å². The molecule has 1 aliphatic heterocycles. The maximum atomic E-state index is 14.5. The number of hydrogen-bond donors (Lipinski definition) is 4. The van der Waals surface area contributed by atoms with Gasteiger partial charge >= 0.3 is 6.36 Å². The van der Waals surface area contributed by atoms with Gasteiger partial charge in [-0.15, -0.1) is 13.2 Å². The summed E-state index contributed by atoms with van der Waals surface area (Å²) in [5, 5.41) is 9.05. The second-order valence-electron chi connectivity index (χ2n) is 10.6. The molecule has 0 bridgehead atoms. The lowest BCUT2D eigenvalue weighted by atomic mass is 9.71. The number of halogens is 4. The van der Waals surface area contributed by atoms with Crippen molar-refractivity contribution in [2.75, 3.05) is 29.6 Å². The van der Waals surface area contributed by atoms with E-state index in [1.165, 1.54) is 16.8 Å². The van der Waals surface area contributed by atoms with Crippen LogP contribution in [0.4, 0.5) is 34.8 Å². The lowest BCUT2D eigenvalue weighted by Gasteiger charge is -2.46. The number of nitrogen functional groups attached to an aromatic ring is 1. The molecule has 43 heavy (non-hydrogen) atoms. The number of nitrogens with one attached hydrogen (secondary N) is 2. The molecule has 3 aromatic rings. The summed E-state index contributed by atoms with van der Waals surface area (Å²) in [6.45, 7) is 1.39. The summed E-state index contributed by atoms with van der Waals surface area (Å²) >= 11 is 0. The van der Waals surface area contributed by atoms with Gasteiger partial charge in [-0.2, -0.15) is 9.49 Å². The minimum atomic E-state index is -4.85. The molecule has 0 unspecified atom stereocenters. The maximum Gasteiger partial charge on any atom is 0.573 e. The van der Waals surface area contributed by atoms with Crippen molar-refractivity contribution in [3.8, 4) is 5.75 Å². The summed E-state index contributed by atoms with van der Waals surface area (Å²) in [5.74, 6) is -4.14. The highest BCUT2D eigenvalue weighted by Crippen LogP contribution is 2.46. The molecule has 228 valence electrons. The number of carbonyl (C=O) groups is 3.